The van der Waals surface area contributed by atoms with Crippen molar-refractivity contribution in [1.82, 2.24) is 9.88 Å². The van der Waals surface area contributed by atoms with Crippen LogP contribution in [0.15, 0.2) is 42.5 Å². The first-order valence-electron chi connectivity index (χ1n) is 9.17. The van der Waals surface area contributed by atoms with Crippen molar-refractivity contribution in [3.05, 3.63) is 48.0 Å². The average Bonchev–Trinajstić information content (AvgIpc) is 3.15. The second kappa shape index (κ2) is 8.02. The van der Waals surface area contributed by atoms with Crippen LogP contribution in [0, 0.1) is 0 Å². The van der Waals surface area contributed by atoms with E-state index in [-0.39, 0.29) is 11.7 Å². The molecule has 0 bridgehead atoms. The maximum Gasteiger partial charge on any atom is 0.573 e. The van der Waals surface area contributed by atoms with Gasteiger partial charge in [0.25, 0.3) is 5.91 Å². The van der Waals surface area contributed by atoms with Crippen LogP contribution in [0.3, 0.4) is 0 Å². The summed E-state index contributed by atoms with van der Waals surface area (Å²) in [4.78, 5) is 21.1. The molecule has 0 atom stereocenters. The van der Waals surface area contributed by atoms with E-state index in [0.29, 0.717) is 52.8 Å². The minimum absolute atomic E-state index is 0.0632. The number of anilines is 1. The van der Waals surface area contributed by atoms with Gasteiger partial charge in [-0.15, -0.1) is 13.2 Å². The zero-order valence-corrected chi connectivity index (χ0v) is 16.8. The molecule has 2 heterocycles. The van der Waals surface area contributed by atoms with E-state index in [0.717, 1.165) is 0 Å². The van der Waals surface area contributed by atoms with Crippen molar-refractivity contribution in [2.75, 3.05) is 38.2 Å². The molecule has 6 nitrogen and oxygen atoms in total. The number of aromatic nitrogens is 1. The molecule has 0 saturated carbocycles. The Morgan fingerprint density at radius 2 is 1.83 bits per heavy atom. The second-order valence-corrected chi connectivity index (χ2v) is 7.69. The number of hydrogen-bond donors (Lipinski definition) is 0. The third-order valence-corrected chi connectivity index (χ3v) is 5.82. The van der Waals surface area contributed by atoms with E-state index in [2.05, 4.69) is 9.72 Å². The SMILES string of the molecule is COc1cccc(C(=O)N2CCN(c3nc4ccc(OC(F)(F)F)cc4s3)CC2)c1. The van der Waals surface area contributed by atoms with Crippen LogP contribution in [0.2, 0.25) is 0 Å². The van der Waals surface area contributed by atoms with E-state index in [1.165, 1.54) is 29.5 Å². The van der Waals surface area contributed by atoms with Crippen molar-refractivity contribution in [1.29, 1.82) is 0 Å². The van der Waals surface area contributed by atoms with Crippen molar-refractivity contribution in [3.8, 4) is 11.5 Å². The molecule has 0 spiro atoms. The Bertz CT molecular complexity index is 1060. The van der Waals surface area contributed by atoms with Crippen LogP contribution < -0.4 is 14.4 Å². The number of halogens is 3. The average molecular weight is 437 g/mol. The summed E-state index contributed by atoms with van der Waals surface area (Å²) in [6.45, 7) is 2.21. The van der Waals surface area contributed by atoms with Gasteiger partial charge in [-0.25, -0.2) is 4.98 Å². The summed E-state index contributed by atoms with van der Waals surface area (Å²) in [5.41, 5.74) is 1.18. The van der Waals surface area contributed by atoms with Gasteiger partial charge in [0.1, 0.15) is 11.5 Å². The van der Waals surface area contributed by atoms with E-state index in [9.17, 15) is 18.0 Å². The quantitative estimate of drug-likeness (QED) is 0.614. The fourth-order valence-electron chi connectivity index (χ4n) is 3.26. The number of ether oxygens (including phenoxy) is 2. The van der Waals surface area contributed by atoms with E-state index in [4.69, 9.17) is 4.74 Å². The highest BCUT2D eigenvalue weighted by molar-refractivity contribution is 7.22. The van der Waals surface area contributed by atoms with Crippen LogP contribution >= 0.6 is 11.3 Å². The number of thiazole rings is 1. The van der Waals surface area contributed by atoms with Crippen molar-refractivity contribution in [3.63, 3.8) is 0 Å². The second-order valence-electron chi connectivity index (χ2n) is 6.68. The molecule has 0 radical (unpaired) electrons. The summed E-state index contributed by atoms with van der Waals surface area (Å²) >= 11 is 1.30. The lowest BCUT2D eigenvalue weighted by atomic mass is 10.1. The van der Waals surface area contributed by atoms with Gasteiger partial charge < -0.3 is 19.3 Å². The van der Waals surface area contributed by atoms with Gasteiger partial charge in [0.15, 0.2) is 5.13 Å². The summed E-state index contributed by atoms with van der Waals surface area (Å²) in [6, 6.07) is 11.1. The Kier molecular flexibility index (Phi) is 5.42. The maximum atomic E-state index is 12.7. The highest BCUT2D eigenvalue weighted by atomic mass is 32.1. The number of piperazine rings is 1. The Morgan fingerprint density at radius 1 is 1.07 bits per heavy atom. The summed E-state index contributed by atoms with van der Waals surface area (Å²) < 4.78 is 47.0. The monoisotopic (exact) mass is 437 g/mol. The Morgan fingerprint density at radius 3 is 2.53 bits per heavy atom. The van der Waals surface area contributed by atoms with Crippen LogP contribution in [-0.4, -0.2) is 55.4 Å². The Labute approximate surface area is 174 Å². The lowest BCUT2D eigenvalue weighted by Gasteiger charge is -2.34. The minimum Gasteiger partial charge on any atom is -0.497 e. The predicted octanol–water partition coefficient (Wildman–Crippen LogP) is 4.17. The van der Waals surface area contributed by atoms with Crippen molar-refractivity contribution in [2.24, 2.45) is 0 Å². The fraction of sp³-hybridized carbons (Fsp3) is 0.300. The van der Waals surface area contributed by atoms with E-state index in [1.807, 2.05) is 4.90 Å². The molecule has 1 aliphatic rings. The summed E-state index contributed by atoms with van der Waals surface area (Å²) in [6.07, 6.45) is -4.73. The van der Waals surface area contributed by atoms with Gasteiger partial charge in [0, 0.05) is 37.8 Å². The molecule has 3 aromatic rings. The fourth-order valence-corrected chi connectivity index (χ4v) is 4.31. The van der Waals surface area contributed by atoms with E-state index in [1.54, 1.807) is 36.3 Å². The predicted molar refractivity (Wildman–Crippen MR) is 107 cm³/mol. The number of hydrogen-bond acceptors (Lipinski definition) is 6. The normalized spacial score (nSPS) is 14.8. The first kappa shape index (κ1) is 20.3. The molecule has 0 N–H and O–H groups in total. The van der Waals surface area contributed by atoms with Gasteiger partial charge >= 0.3 is 6.36 Å². The molecule has 1 aliphatic heterocycles. The number of methoxy groups -OCH3 is 1. The van der Waals surface area contributed by atoms with Crippen LogP contribution in [0.1, 0.15) is 10.4 Å². The highest BCUT2D eigenvalue weighted by Gasteiger charge is 2.31. The van der Waals surface area contributed by atoms with Crippen molar-refractivity contribution >= 4 is 32.6 Å². The topological polar surface area (TPSA) is 54.9 Å². The number of nitrogens with zero attached hydrogens (tertiary/aromatic N) is 3. The number of rotatable bonds is 4. The number of carbonyl (C=O) groups is 1. The molecule has 10 heteroatoms. The summed E-state index contributed by atoms with van der Waals surface area (Å²) in [7, 11) is 1.55. The van der Waals surface area contributed by atoms with Crippen LogP contribution in [0.5, 0.6) is 11.5 Å². The van der Waals surface area contributed by atoms with Gasteiger partial charge in [-0.3, -0.25) is 4.79 Å². The van der Waals surface area contributed by atoms with Crippen LogP contribution in [0.25, 0.3) is 10.2 Å². The van der Waals surface area contributed by atoms with Gasteiger partial charge in [-0.2, -0.15) is 0 Å². The molecule has 1 fully saturated rings. The number of carbonyl (C=O) groups excluding carboxylic acids is 1. The highest BCUT2D eigenvalue weighted by Crippen LogP contribution is 2.33. The Balaban J connectivity index is 1.43. The maximum absolute atomic E-state index is 12.7. The molecule has 2 aromatic carbocycles. The van der Waals surface area contributed by atoms with Crippen LogP contribution in [-0.2, 0) is 0 Å². The molecule has 0 unspecified atom stereocenters. The van der Waals surface area contributed by atoms with Crippen molar-refractivity contribution in [2.45, 2.75) is 6.36 Å². The van der Waals surface area contributed by atoms with Gasteiger partial charge in [0.2, 0.25) is 0 Å². The van der Waals surface area contributed by atoms with E-state index >= 15 is 0 Å². The third-order valence-electron chi connectivity index (χ3n) is 4.74. The molecule has 0 aliphatic carbocycles. The number of amides is 1. The number of benzene rings is 2. The zero-order valence-electron chi connectivity index (χ0n) is 16.0. The lowest BCUT2D eigenvalue weighted by Crippen LogP contribution is -2.48. The number of alkyl halides is 3. The summed E-state index contributed by atoms with van der Waals surface area (Å²) in [5.74, 6) is 0.300. The first-order chi connectivity index (χ1) is 14.3. The molecule has 1 aromatic heterocycles. The van der Waals surface area contributed by atoms with Gasteiger partial charge in [-0.1, -0.05) is 17.4 Å². The smallest absolute Gasteiger partial charge is 0.497 e. The lowest BCUT2D eigenvalue weighted by molar-refractivity contribution is -0.274. The molecular formula is C20H18F3N3O3S. The van der Waals surface area contributed by atoms with Gasteiger partial charge in [0.05, 0.1) is 17.3 Å². The van der Waals surface area contributed by atoms with Crippen molar-refractivity contribution < 1.29 is 27.4 Å². The molecule has 4 rings (SSSR count). The van der Waals surface area contributed by atoms with E-state index < -0.39 is 6.36 Å². The van der Waals surface area contributed by atoms with Crippen LogP contribution in [0.4, 0.5) is 18.3 Å². The van der Waals surface area contributed by atoms with Gasteiger partial charge in [-0.05, 0) is 30.3 Å². The molecule has 158 valence electrons. The molecule has 30 heavy (non-hydrogen) atoms. The standard InChI is InChI=1S/C20H18F3N3O3S/c1-28-14-4-2-3-13(11-14)18(27)25-7-9-26(10-8-25)19-24-16-6-5-15(12-17(16)30-19)29-20(21,22)23/h2-6,11-12H,7-10H2,1H3. The largest absolute Gasteiger partial charge is 0.573 e. The molecular weight excluding hydrogens is 419 g/mol. The zero-order chi connectivity index (χ0) is 21.3. The first-order valence-corrected chi connectivity index (χ1v) is 9.99. The minimum atomic E-state index is -4.73. The summed E-state index contributed by atoms with van der Waals surface area (Å²) in [5, 5.41) is 0.711. The number of fused-ring (bicyclic) bond motifs is 1. The Hall–Kier alpha value is -3.01. The third kappa shape index (κ3) is 4.43. The molecule has 1 saturated heterocycles. The molecule has 1 amide bonds.